The van der Waals surface area contributed by atoms with Gasteiger partial charge in [-0.15, -0.1) is 12.4 Å². The summed E-state index contributed by atoms with van der Waals surface area (Å²) in [4.78, 5) is 2.44. The zero-order chi connectivity index (χ0) is 16.2. The highest BCUT2D eigenvalue weighted by Crippen LogP contribution is 2.41. The van der Waals surface area contributed by atoms with E-state index in [-0.39, 0.29) is 30.5 Å². The van der Waals surface area contributed by atoms with E-state index in [0.717, 1.165) is 43.2 Å². The predicted octanol–water partition coefficient (Wildman–Crippen LogP) is 2.09. The van der Waals surface area contributed by atoms with Crippen molar-refractivity contribution in [2.45, 2.75) is 19.9 Å². The van der Waals surface area contributed by atoms with Crippen molar-refractivity contribution in [2.75, 3.05) is 47.0 Å². The van der Waals surface area contributed by atoms with E-state index in [4.69, 9.17) is 9.47 Å². The smallest absolute Gasteiger partial charge is 0.161 e. The second-order valence-electron chi connectivity index (χ2n) is 6.45. The van der Waals surface area contributed by atoms with Crippen LogP contribution in [0.2, 0.25) is 0 Å². The number of hydrogen-bond donors (Lipinski definition) is 2. The molecule has 0 unspecified atom stereocenters. The topological polar surface area (TPSA) is 54.0 Å². The average Bonchev–Trinajstić information content (AvgIpc) is 2.55. The minimum Gasteiger partial charge on any atom is -0.493 e. The fourth-order valence-electron chi connectivity index (χ4n) is 3.21. The van der Waals surface area contributed by atoms with Crippen molar-refractivity contribution in [1.29, 1.82) is 0 Å². The van der Waals surface area contributed by atoms with E-state index < -0.39 is 0 Å². The summed E-state index contributed by atoms with van der Waals surface area (Å²) in [5.41, 5.74) is 0.912. The van der Waals surface area contributed by atoms with Crippen LogP contribution in [0.15, 0.2) is 18.2 Å². The first kappa shape index (κ1) is 20.0. The van der Waals surface area contributed by atoms with Crippen LogP contribution in [-0.4, -0.2) is 57.0 Å². The van der Waals surface area contributed by atoms with Crippen LogP contribution in [0.1, 0.15) is 25.5 Å². The Kier molecular flexibility index (Phi) is 7.61. The molecule has 6 heteroatoms. The van der Waals surface area contributed by atoms with Crippen molar-refractivity contribution < 1.29 is 14.6 Å². The molecule has 2 N–H and O–H groups in total. The molecular weight excluding hydrogens is 316 g/mol. The first-order valence-corrected chi connectivity index (χ1v) is 7.81. The van der Waals surface area contributed by atoms with E-state index in [2.05, 4.69) is 30.1 Å². The van der Waals surface area contributed by atoms with Crippen LogP contribution >= 0.6 is 12.4 Å². The molecule has 0 radical (unpaired) electrons. The molecule has 0 bridgehead atoms. The highest BCUT2D eigenvalue weighted by Gasteiger charge is 2.36. The molecule has 1 atom stereocenters. The minimum absolute atomic E-state index is 0. The molecule has 1 aliphatic rings. The molecule has 0 saturated carbocycles. The van der Waals surface area contributed by atoms with Crippen molar-refractivity contribution in [1.82, 2.24) is 10.2 Å². The van der Waals surface area contributed by atoms with Crippen LogP contribution in [0.5, 0.6) is 11.5 Å². The summed E-state index contributed by atoms with van der Waals surface area (Å²) in [6.45, 7) is 8.25. The lowest BCUT2D eigenvalue weighted by atomic mass is 9.79. The minimum atomic E-state index is -0.239. The van der Waals surface area contributed by atoms with E-state index in [1.165, 1.54) is 0 Å². The zero-order valence-electron chi connectivity index (χ0n) is 14.5. The number of ether oxygens (including phenoxy) is 2. The fraction of sp³-hybridized carbons (Fsp3) is 0.647. The lowest BCUT2D eigenvalue weighted by Crippen LogP contribution is -2.49. The fourth-order valence-corrected chi connectivity index (χ4v) is 3.21. The molecule has 2 rings (SSSR count). The maximum atomic E-state index is 9.89. The predicted molar refractivity (Wildman–Crippen MR) is 94.8 cm³/mol. The second-order valence-corrected chi connectivity index (χ2v) is 6.45. The molecule has 132 valence electrons. The molecule has 1 aromatic carbocycles. The molecule has 0 aromatic heterocycles. The standard InChI is InChI=1S/C17H28N2O3.ClH/c1-17(2,12-20)16(19-9-7-18-8-10-19)13-5-6-14(21-3)15(11-13)22-4;/h5-6,11,16,18,20H,7-10,12H2,1-4H3;1H/t16-;/m1./s1. The molecule has 23 heavy (non-hydrogen) atoms. The molecule has 0 spiro atoms. The third-order valence-corrected chi connectivity index (χ3v) is 4.39. The summed E-state index contributed by atoms with van der Waals surface area (Å²) in [5, 5.41) is 13.3. The zero-order valence-corrected chi connectivity index (χ0v) is 15.3. The first-order chi connectivity index (χ1) is 10.5. The number of aliphatic hydroxyl groups excluding tert-OH is 1. The van der Waals surface area contributed by atoms with Gasteiger partial charge >= 0.3 is 0 Å². The number of nitrogens with zero attached hydrogens (tertiary/aromatic N) is 1. The molecule has 1 saturated heterocycles. The molecule has 1 fully saturated rings. The largest absolute Gasteiger partial charge is 0.493 e. The van der Waals surface area contributed by atoms with Crippen LogP contribution in [0.3, 0.4) is 0 Å². The van der Waals surface area contributed by atoms with E-state index in [1.54, 1.807) is 14.2 Å². The van der Waals surface area contributed by atoms with Crippen molar-refractivity contribution in [3.05, 3.63) is 23.8 Å². The maximum absolute atomic E-state index is 9.89. The number of methoxy groups -OCH3 is 2. The van der Waals surface area contributed by atoms with Gasteiger partial charge in [0, 0.05) is 44.2 Å². The number of halogens is 1. The van der Waals surface area contributed by atoms with Crippen molar-refractivity contribution in [3.8, 4) is 11.5 Å². The summed E-state index contributed by atoms with van der Waals surface area (Å²) < 4.78 is 10.8. The lowest BCUT2D eigenvalue weighted by molar-refractivity contribution is 0.0304. The summed E-state index contributed by atoms with van der Waals surface area (Å²) in [6, 6.07) is 6.19. The summed E-state index contributed by atoms with van der Waals surface area (Å²) in [5.74, 6) is 1.46. The van der Waals surface area contributed by atoms with Gasteiger partial charge in [0.1, 0.15) is 0 Å². The molecule has 1 heterocycles. The monoisotopic (exact) mass is 344 g/mol. The Morgan fingerprint density at radius 2 is 1.78 bits per heavy atom. The third-order valence-electron chi connectivity index (χ3n) is 4.39. The van der Waals surface area contributed by atoms with Gasteiger partial charge in [-0.05, 0) is 17.7 Å². The maximum Gasteiger partial charge on any atom is 0.161 e. The SMILES string of the molecule is COc1ccc([C@@H](N2CCNCC2)C(C)(C)CO)cc1OC.Cl. The van der Waals surface area contributed by atoms with Crippen molar-refractivity contribution >= 4 is 12.4 Å². The molecule has 0 aliphatic carbocycles. The number of rotatable bonds is 6. The summed E-state index contributed by atoms with van der Waals surface area (Å²) in [6.07, 6.45) is 0. The van der Waals surface area contributed by atoms with Crippen LogP contribution in [-0.2, 0) is 0 Å². The quantitative estimate of drug-likeness (QED) is 0.827. The number of benzene rings is 1. The number of nitrogens with one attached hydrogen (secondary N) is 1. The molecule has 1 aliphatic heterocycles. The normalized spacial score (nSPS) is 17.3. The lowest BCUT2D eigenvalue weighted by Gasteiger charge is -2.43. The van der Waals surface area contributed by atoms with Gasteiger partial charge < -0.3 is 19.9 Å². The van der Waals surface area contributed by atoms with Gasteiger partial charge in [0.05, 0.1) is 14.2 Å². The Bertz CT molecular complexity index is 491. The van der Waals surface area contributed by atoms with Crippen molar-refractivity contribution in [3.63, 3.8) is 0 Å². The average molecular weight is 345 g/mol. The Hall–Kier alpha value is -1.01. The van der Waals surface area contributed by atoms with E-state index in [1.807, 2.05) is 12.1 Å². The van der Waals surface area contributed by atoms with Crippen molar-refractivity contribution in [2.24, 2.45) is 5.41 Å². The first-order valence-electron chi connectivity index (χ1n) is 7.81. The van der Waals surface area contributed by atoms with Crippen LogP contribution in [0.4, 0.5) is 0 Å². The van der Waals surface area contributed by atoms with Gasteiger partial charge in [-0.25, -0.2) is 0 Å². The highest BCUT2D eigenvalue weighted by molar-refractivity contribution is 5.85. The molecule has 5 nitrogen and oxygen atoms in total. The van der Waals surface area contributed by atoms with Gasteiger partial charge in [0.25, 0.3) is 0 Å². The molecular formula is C17H29ClN2O3. The van der Waals surface area contributed by atoms with E-state index in [9.17, 15) is 5.11 Å². The highest BCUT2D eigenvalue weighted by atomic mass is 35.5. The summed E-state index contributed by atoms with van der Waals surface area (Å²) in [7, 11) is 3.29. The van der Waals surface area contributed by atoms with E-state index in [0.29, 0.717) is 0 Å². The Balaban J connectivity index is 0.00000264. The second kappa shape index (κ2) is 8.73. The Morgan fingerprint density at radius 3 is 2.30 bits per heavy atom. The Morgan fingerprint density at radius 1 is 1.17 bits per heavy atom. The number of aliphatic hydroxyl groups is 1. The van der Waals surface area contributed by atoms with Crippen LogP contribution < -0.4 is 14.8 Å². The summed E-state index contributed by atoms with van der Waals surface area (Å²) >= 11 is 0. The van der Waals surface area contributed by atoms with Crippen LogP contribution in [0.25, 0.3) is 0 Å². The van der Waals surface area contributed by atoms with Gasteiger partial charge in [-0.1, -0.05) is 19.9 Å². The Labute approximate surface area is 145 Å². The van der Waals surface area contributed by atoms with Gasteiger partial charge in [0.2, 0.25) is 0 Å². The number of piperazine rings is 1. The van der Waals surface area contributed by atoms with Gasteiger partial charge in [-0.2, -0.15) is 0 Å². The van der Waals surface area contributed by atoms with Gasteiger partial charge in [0.15, 0.2) is 11.5 Å². The van der Waals surface area contributed by atoms with Crippen LogP contribution in [0, 0.1) is 5.41 Å². The molecule has 1 aromatic rings. The van der Waals surface area contributed by atoms with E-state index >= 15 is 0 Å². The number of hydrogen-bond acceptors (Lipinski definition) is 5. The third kappa shape index (κ3) is 4.51. The van der Waals surface area contributed by atoms with Gasteiger partial charge in [-0.3, -0.25) is 4.90 Å². The molecule has 0 amide bonds.